The monoisotopic (exact) mass is 382 g/mol. The van der Waals surface area contributed by atoms with Gasteiger partial charge in [0.05, 0.1) is 11.7 Å². The van der Waals surface area contributed by atoms with Crippen LogP contribution in [0.5, 0.6) is 0 Å². The highest BCUT2D eigenvalue weighted by Crippen LogP contribution is 2.36. The van der Waals surface area contributed by atoms with Gasteiger partial charge >= 0.3 is 6.18 Å². The molecule has 4 heteroatoms. The summed E-state index contributed by atoms with van der Waals surface area (Å²) in [7, 11) is 0. The van der Waals surface area contributed by atoms with E-state index in [0.717, 1.165) is 23.3 Å². The number of allylic oxidation sites excluding steroid dienone is 1. The highest BCUT2D eigenvalue weighted by molar-refractivity contribution is 5.49. The molecule has 0 saturated carbocycles. The number of hydrogen-bond donors (Lipinski definition) is 1. The van der Waals surface area contributed by atoms with Crippen molar-refractivity contribution in [3.05, 3.63) is 113 Å². The van der Waals surface area contributed by atoms with E-state index in [0.29, 0.717) is 12.0 Å². The van der Waals surface area contributed by atoms with E-state index in [-0.39, 0.29) is 5.92 Å². The number of halogens is 3. The smallest absolute Gasteiger partial charge is 0.388 e. The van der Waals surface area contributed by atoms with Gasteiger partial charge < -0.3 is 5.11 Å². The average Bonchev–Trinajstić information content (AvgIpc) is 2.72. The SMILES string of the molecule is OC(c1ccc(C(F)(F)F)cc1)C(C/C=C/c1ccccc1)c1ccccc1. The molecule has 3 rings (SSSR count). The van der Waals surface area contributed by atoms with Gasteiger partial charge in [-0.1, -0.05) is 84.9 Å². The Bertz CT molecular complexity index is 885. The average molecular weight is 382 g/mol. The first kappa shape index (κ1) is 19.9. The lowest BCUT2D eigenvalue weighted by atomic mass is 9.86. The van der Waals surface area contributed by atoms with Crippen LogP contribution in [0.2, 0.25) is 0 Å². The fourth-order valence-electron chi connectivity index (χ4n) is 3.16. The van der Waals surface area contributed by atoms with E-state index in [4.69, 9.17) is 0 Å². The number of hydrogen-bond acceptors (Lipinski definition) is 1. The van der Waals surface area contributed by atoms with Crippen molar-refractivity contribution in [3.63, 3.8) is 0 Å². The summed E-state index contributed by atoms with van der Waals surface area (Å²) in [6, 6.07) is 24.1. The zero-order chi connectivity index (χ0) is 20.0. The molecule has 0 spiro atoms. The Morgan fingerprint density at radius 1 is 0.750 bits per heavy atom. The van der Waals surface area contributed by atoms with Gasteiger partial charge in [-0.25, -0.2) is 0 Å². The molecule has 2 unspecified atom stereocenters. The molecule has 0 bridgehead atoms. The number of benzene rings is 3. The molecular weight excluding hydrogens is 361 g/mol. The first-order valence-electron chi connectivity index (χ1n) is 9.07. The summed E-state index contributed by atoms with van der Waals surface area (Å²) < 4.78 is 38.4. The maximum Gasteiger partial charge on any atom is 0.416 e. The molecule has 1 nitrogen and oxygen atoms in total. The number of alkyl halides is 3. The van der Waals surface area contributed by atoms with E-state index in [1.807, 2.05) is 72.8 Å². The molecule has 0 fully saturated rings. The molecule has 0 aromatic heterocycles. The lowest BCUT2D eigenvalue weighted by molar-refractivity contribution is -0.137. The Labute approximate surface area is 162 Å². The molecular formula is C24H21F3O. The van der Waals surface area contributed by atoms with Crippen LogP contribution in [0.4, 0.5) is 13.2 Å². The van der Waals surface area contributed by atoms with Crippen molar-refractivity contribution < 1.29 is 18.3 Å². The molecule has 0 aliphatic heterocycles. The minimum Gasteiger partial charge on any atom is -0.388 e. The van der Waals surface area contributed by atoms with Gasteiger partial charge in [0, 0.05) is 5.92 Å². The molecule has 3 aromatic carbocycles. The molecule has 0 aliphatic rings. The van der Waals surface area contributed by atoms with Crippen LogP contribution in [-0.4, -0.2) is 5.11 Å². The van der Waals surface area contributed by atoms with Crippen molar-refractivity contribution in [2.75, 3.05) is 0 Å². The van der Waals surface area contributed by atoms with Gasteiger partial charge in [-0.3, -0.25) is 0 Å². The fourth-order valence-corrected chi connectivity index (χ4v) is 3.16. The van der Waals surface area contributed by atoms with Crippen molar-refractivity contribution in [3.8, 4) is 0 Å². The molecule has 0 saturated heterocycles. The van der Waals surface area contributed by atoms with E-state index in [9.17, 15) is 18.3 Å². The zero-order valence-electron chi connectivity index (χ0n) is 15.2. The zero-order valence-corrected chi connectivity index (χ0v) is 15.2. The minimum atomic E-state index is -4.39. The van der Waals surface area contributed by atoms with Gasteiger partial charge in [-0.2, -0.15) is 13.2 Å². The van der Waals surface area contributed by atoms with E-state index in [1.54, 1.807) is 0 Å². The maximum absolute atomic E-state index is 12.8. The normalized spacial score (nSPS) is 14.1. The van der Waals surface area contributed by atoms with Crippen LogP contribution in [0, 0.1) is 0 Å². The second kappa shape index (κ2) is 8.89. The van der Waals surface area contributed by atoms with Crippen molar-refractivity contribution in [2.45, 2.75) is 24.6 Å². The molecule has 28 heavy (non-hydrogen) atoms. The van der Waals surface area contributed by atoms with Crippen LogP contribution in [0.25, 0.3) is 6.08 Å². The number of rotatable bonds is 6. The second-order valence-corrected chi connectivity index (χ2v) is 6.63. The Hall–Kier alpha value is -2.85. The van der Waals surface area contributed by atoms with E-state index in [1.165, 1.54) is 12.1 Å². The van der Waals surface area contributed by atoms with Crippen LogP contribution >= 0.6 is 0 Å². The second-order valence-electron chi connectivity index (χ2n) is 6.63. The predicted molar refractivity (Wildman–Crippen MR) is 106 cm³/mol. The summed E-state index contributed by atoms with van der Waals surface area (Å²) in [5, 5.41) is 10.9. The molecule has 0 radical (unpaired) electrons. The number of aliphatic hydroxyl groups excluding tert-OH is 1. The Balaban J connectivity index is 1.83. The van der Waals surface area contributed by atoms with Gasteiger partial charge in [0.15, 0.2) is 0 Å². The third-order valence-corrected chi connectivity index (χ3v) is 4.69. The fraction of sp³-hybridized carbons (Fsp3) is 0.167. The van der Waals surface area contributed by atoms with Crippen LogP contribution in [0.15, 0.2) is 91.0 Å². The lowest BCUT2D eigenvalue weighted by Gasteiger charge is -2.23. The van der Waals surface area contributed by atoms with Crippen molar-refractivity contribution in [1.82, 2.24) is 0 Å². The summed E-state index contributed by atoms with van der Waals surface area (Å²) in [5.74, 6) is -0.266. The third-order valence-electron chi connectivity index (χ3n) is 4.69. The van der Waals surface area contributed by atoms with Crippen molar-refractivity contribution in [2.24, 2.45) is 0 Å². The molecule has 0 amide bonds. The molecule has 0 heterocycles. The van der Waals surface area contributed by atoms with Crippen molar-refractivity contribution in [1.29, 1.82) is 0 Å². The first-order chi connectivity index (χ1) is 13.4. The summed E-state index contributed by atoms with van der Waals surface area (Å²) in [6.45, 7) is 0. The molecule has 3 aromatic rings. The van der Waals surface area contributed by atoms with Gasteiger partial charge in [0.25, 0.3) is 0 Å². The molecule has 0 aliphatic carbocycles. The molecule has 1 N–H and O–H groups in total. The first-order valence-corrected chi connectivity index (χ1v) is 9.07. The molecule has 144 valence electrons. The standard InChI is InChI=1S/C24H21F3O/c25-24(26,27)21-16-14-20(15-17-21)23(28)22(19-11-5-2-6-12-19)13-7-10-18-8-3-1-4-9-18/h1-12,14-17,22-23,28H,13H2/b10-7+. The predicted octanol–water partition coefficient (Wildman–Crippen LogP) is 6.63. The van der Waals surface area contributed by atoms with E-state index >= 15 is 0 Å². The Morgan fingerprint density at radius 3 is 1.89 bits per heavy atom. The van der Waals surface area contributed by atoms with E-state index < -0.39 is 17.8 Å². The summed E-state index contributed by atoms with van der Waals surface area (Å²) in [5.41, 5.74) is 1.74. The van der Waals surface area contributed by atoms with E-state index in [2.05, 4.69) is 0 Å². The van der Waals surface area contributed by atoms with Gasteiger partial charge in [-0.05, 0) is 35.2 Å². The van der Waals surface area contributed by atoms with Gasteiger partial charge in [0.1, 0.15) is 0 Å². The quantitative estimate of drug-likeness (QED) is 0.507. The summed E-state index contributed by atoms with van der Waals surface area (Å²) in [6.07, 6.45) is -0.775. The maximum atomic E-state index is 12.8. The van der Waals surface area contributed by atoms with Crippen LogP contribution in [0.3, 0.4) is 0 Å². The van der Waals surface area contributed by atoms with Crippen LogP contribution in [0.1, 0.15) is 40.7 Å². The highest BCUT2D eigenvalue weighted by Gasteiger charge is 2.30. The largest absolute Gasteiger partial charge is 0.416 e. The Morgan fingerprint density at radius 2 is 1.32 bits per heavy atom. The molecule has 2 atom stereocenters. The third kappa shape index (κ3) is 5.11. The lowest BCUT2D eigenvalue weighted by Crippen LogP contribution is -2.11. The topological polar surface area (TPSA) is 20.2 Å². The van der Waals surface area contributed by atoms with Crippen LogP contribution < -0.4 is 0 Å². The van der Waals surface area contributed by atoms with Crippen molar-refractivity contribution >= 4 is 6.08 Å². The Kier molecular flexibility index (Phi) is 6.32. The minimum absolute atomic E-state index is 0.266. The number of aliphatic hydroxyl groups is 1. The van der Waals surface area contributed by atoms with Gasteiger partial charge in [0.2, 0.25) is 0 Å². The summed E-state index contributed by atoms with van der Waals surface area (Å²) in [4.78, 5) is 0. The van der Waals surface area contributed by atoms with Crippen LogP contribution in [-0.2, 0) is 6.18 Å². The summed E-state index contributed by atoms with van der Waals surface area (Å²) >= 11 is 0. The highest BCUT2D eigenvalue weighted by atomic mass is 19.4. The van der Waals surface area contributed by atoms with Gasteiger partial charge in [-0.15, -0.1) is 0 Å².